The Bertz CT molecular complexity index is 6120. The summed E-state index contributed by atoms with van der Waals surface area (Å²) < 4.78 is 137. The molecule has 51 heteroatoms. The van der Waals surface area contributed by atoms with Crippen LogP contribution in [-0.4, -0.2) is 219 Å². The number of nitrogens with zero attached hydrogens (tertiary/aromatic N) is 18. The second kappa shape index (κ2) is 50.0. The van der Waals surface area contributed by atoms with Gasteiger partial charge in [0, 0.05) is 103 Å². The lowest BCUT2D eigenvalue weighted by Gasteiger charge is -2.28. The van der Waals surface area contributed by atoms with E-state index in [0.717, 1.165) is 113 Å². The minimum Gasteiger partial charge on any atom is -0.469 e. The Morgan fingerprint density at radius 2 is 0.739 bits per heavy atom. The summed E-state index contributed by atoms with van der Waals surface area (Å²) >= 11 is 3.55. The van der Waals surface area contributed by atoms with Crippen LogP contribution in [0, 0.1) is 41.2 Å². The summed E-state index contributed by atoms with van der Waals surface area (Å²) in [6.45, 7) is 11.1. The van der Waals surface area contributed by atoms with Gasteiger partial charge in [0.2, 0.25) is 23.8 Å². The maximum Gasteiger partial charge on any atom is 0.325 e. The molecule has 3 aliphatic carbocycles. The smallest absolute Gasteiger partial charge is 0.325 e. The minimum absolute atomic E-state index is 0.00476. The van der Waals surface area contributed by atoms with E-state index in [4.69, 9.17) is 45.6 Å². The molecule has 756 valence electrons. The van der Waals surface area contributed by atoms with Gasteiger partial charge in [-0.15, -0.1) is 34.0 Å². The highest BCUT2D eigenvalue weighted by Gasteiger charge is 2.34. The molecule has 0 aromatic carbocycles. The zero-order valence-electron chi connectivity index (χ0n) is 78.1. The van der Waals surface area contributed by atoms with Crippen LogP contribution in [0.3, 0.4) is 0 Å². The first-order valence-electron chi connectivity index (χ1n) is 45.5. The molecule has 1 unspecified atom stereocenters. The van der Waals surface area contributed by atoms with Crippen LogP contribution in [0.5, 0.6) is 0 Å². The second-order valence-electron chi connectivity index (χ2n) is 33.2. The summed E-state index contributed by atoms with van der Waals surface area (Å²) in [5.74, 6) is -10.3. The Labute approximate surface area is 819 Å². The summed E-state index contributed by atoms with van der Waals surface area (Å²) in [4.78, 5) is 135. The van der Waals surface area contributed by atoms with Crippen molar-refractivity contribution < 1.29 is 107 Å². The summed E-state index contributed by atoms with van der Waals surface area (Å²) in [6, 6.07) is 2.59. The van der Waals surface area contributed by atoms with Crippen molar-refractivity contribution in [1.29, 1.82) is 0 Å². The SMILES string of the molecule is CCOC1CCC(n2cc(NC(=O)c3csc(-c4cnn(COC(=O)C(N)CC(=O)OC)c4)n3)c(-c3nc(F)ccc3F)n2)CC1.CCOC1CCC(n2cc(NC(=O)c3csc(-c4cnn(COC(=O)CCCNC(=O)[C@H](N)C(C)C)c4)n3)c(-c3nc(F)ccc3F)n2)CC1.CCOC1CCC(n2cc(NC(=O)c3csc(-c4cnn(COC(=O)[C@H](N)CC(=O)OC)c4)n3)c(-c3nc(F)ccc3F)n2)CC1. The maximum atomic E-state index is 14.8. The molecule has 12 aromatic heterocycles. The first kappa shape index (κ1) is 105. The molecule has 15 rings (SSSR count). The molecule has 4 amide bonds. The fourth-order valence-electron chi connectivity index (χ4n) is 15.4. The van der Waals surface area contributed by atoms with Crippen LogP contribution >= 0.6 is 34.0 Å². The van der Waals surface area contributed by atoms with Gasteiger partial charge < -0.3 is 76.4 Å². The third-order valence-electron chi connectivity index (χ3n) is 22.9. The van der Waals surface area contributed by atoms with Gasteiger partial charge in [0.05, 0.1) is 105 Å². The average Bonchev–Trinajstić information content (AvgIpc) is 1.65. The Balaban J connectivity index is 0.000000179. The fraction of sp³-hybridized carbons (Fsp3) is 0.440. The van der Waals surface area contributed by atoms with Gasteiger partial charge in [0.15, 0.2) is 37.6 Å². The number of esters is 5. The lowest BCUT2D eigenvalue weighted by molar-refractivity contribution is -0.153. The number of nitrogens with two attached hydrogens (primary N) is 3. The number of hydrogen-bond acceptors (Lipinski definition) is 35. The van der Waals surface area contributed by atoms with Crippen molar-refractivity contribution in [3.05, 3.63) is 161 Å². The highest BCUT2D eigenvalue weighted by molar-refractivity contribution is 7.14. The number of methoxy groups -OCH3 is 2. The third kappa shape index (κ3) is 28.3. The minimum atomic E-state index is -1.18. The predicted octanol–water partition coefficient (Wildman–Crippen LogP) is 12.1. The summed E-state index contributed by atoms with van der Waals surface area (Å²) in [7, 11) is 2.37. The number of nitrogens with one attached hydrogen (secondary N) is 4. The van der Waals surface area contributed by atoms with Crippen molar-refractivity contribution in [2.24, 2.45) is 23.1 Å². The molecule has 10 N–H and O–H groups in total. The van der Waals surface area contributed by atoms with Crippen molar-refractivity contribution in [2.45, 2.75) is 212 Å². The number of amides is 4. The standard InChI is InChI=1S/C33H41F2N9O5S.2C29H32F2N8O6S/c1-4-48-22-9-7-21(8-10-22)44-16-24(30(42-44)29-23(34)11-12-26(35)41-29)39-31(46)25-17-50-33(40-25)20-14-38-43(15-20)18-49-27(45)6-5-13-37-32(47)28(36)19(2)3;2*1-3-44-18-6-4-17(5-7-18)39-13-21(26(37-39)25-19(30)8-9-23(31)36-25)34-27(41)22-14-46-28(35-22)16-11-33-38(12-16)15-45-29(42)20(32)10-24(40)43-2/h11-12,14-17,19,21-22,28H,4-10,13,18,36H2,1-3H3,(H,37,47)(H,39,46);2*8-9,11-14,17-18,20H,3-7,10,15,32H2,1-2H3,(H,34,41)/t21?,22?,28-;17?,18?,20-;/m11./s1. The molecule has 12 aromatic rings. The molecule has 0 bridgehead atoms. The van der Waals surface area contributed by atoms with Gasteiger partial charge in [-0.05, 0) is 147 Å². The molecule has 142 heavy (non-hydrogen) atoms. The van der Waals surface area contributed by atoms with Gasteiger partial charge in [-0.2, -0.15) is 43.8 Å². The first-order valence-corrected chi connectivity index (χ1v) is 48.1. The third-order valence-corrected chi connectivity index (χ3v) is 25.6. The number of hydrogen-bond donors (Lipinski definition) is 7. The van der Waals surface area contributed by atoms with E-state index in [9.17, 15) is 69.5 Å². The molecule has 0 aliphatic heterocycles. The largest absolute Gasteiger partial charge is 0.469 e. The van der Waals surface area contributed by atoms with Crippen LogP contribution in [0.15, 0.2) is 108 Å². The highest BCUT2D eigenvalue weighted by atomic mass is 32.1. The van der Waals surface area contributed by atoms with E-state index in [-0.39, 0.29) is 156 Å². The van der Waals surface area contributed by atoms with E-state index >= 15 is 0 Å². The van der Waals surface area contributed by atoms with E-state index in [1.165, 1.54) is 91.6 Å². The summed E-state index contributed by atoms with van der Waals surface area (Å²) in [6.07, 6.45) is 23.9. The van der Waals surface area contributed by atoms with Crippen LogP contribution < -0.4 is 38.5 Å². The van der Waals surface area contributed by atoms with Crippen LogP contribution in [0.4, 0.5) is 43.4 Å². The molecular formula is C91H105F6N25O17S3. The predicted molar refractivity (Wildman–Crippen MR) is 501 cm³/mol. The second-order valence-corrected chi connectivity index (χ2v) is 35.8. The summed E-state index contributed by atoms with van der Waals surface area (Å²) in [5.41, 5.74) is 18.5. The number of aromatic nitrogens is 18. The molecule has 0 radical (unpaired) electrons. The van der Waals surface area contributed by atoms with Gasteiger partial charge >= 0.3 is 29.8 Å². The van der Waals surface area contributed by atoms with Gasteiger partial charge in [-0.3, -0.25) is 57.2 Å². The van der Waals surface area contributed by atoms with Gasteiger partial charge in [0.1, 0.15) is 78.4 Å². The molecule has 3 fully saturated rings. The number of pyridine rings is 3. The number of carbonyl (C=O) groups is 9. The van der Waals surface area contributed by atoms with Crippen molar-refractivity contribution >= 4 is 105 Å². The molecule has 3 saturated carbocycles. The fourth-order valence-corrected chi connectivity index (χ4v) is 17.7. The van der Waals surface area contributed by atoms with Crippen molar-refractivity contribution in [3.63, 3.8) is 0 Å². The monoisotopic (exact) mass is 2030 g/mol. The molecular weight excluding hydrogens is 1930 g/mol. The Kier molecular flexibility index (Phi) is 37.2. The van der Waals surface area contributed by atoms with Crippen molar-refractivity contribution in [3.8, 4) is 65.9 Å². The number of anilines is 3. The van der Waals surface area contributed by atoms with E-state index in [1.807, 2.05) is 34.6 Å². The zero-order chi connectivity index (χ0) is 101. The highest BCUT2D eigenvalue weighted by Crippen LogP contribution is 2.40. The van der Waals surface area contributed by atoms with Crippen LogP contribution in [0.25, 0.3) is 65.9 Å². The number of thiazole rings is 3. The number of rotatable bonds is 39. The summed E-state index contributed by atoms with van der Waals surface area (Å²) in [5, 5.41) is 43.1. The lowest BCUT2D eigenvalue weighted by Crippen LogP contribution is -2.44. The molecule has 42 nitrogen and oxygen atoms in total. The van der Waals surface area contributed by atoms with Gasteiger partial charge in [0.25, 0.3) is 17.7 Å². The normalized spacial score (nSPS) is 16.9. The lowest BCUT2D eigenvalue weighted by atomic mass is 9.93. The van der Waals surface area contributed by atoms with Crippen molar-refractivity contribution in [1.82, 2.24) is 93.9 Å². The molecule has 0 saturated heterocycles. The van der Waals surface area contributed by atoms with E-state index in [1.54, 1.807) is 56.6 Å². The quantitative estimate of drug-likeness (QED) is 0.00618. The van der Waals surface area contributed by atoms with Crippen LogP contribution in [0.2, 0.25) is 0 Å². The average molecular weight is 2030 g/mol. The number of ether oxygens (including phenoxy) is 8. The molecule has 12 heterocycles. The maximum absolute atomic E-state index is 14.8. The zero-order valence-corrected chi connectivity index (χ0v) is 80.6. The topological polar surface area (TPSA) is 538 Å². The van der Waals surface area contributed by atoms with E-state index in [0.29, 0.717) is 64.5 Å². The van der Waals surface area contributed by atoms with Gasteiger partial charge in [-0.25, -0.2) is 57.1 Å². The Hall–Kier alpha value is -13.8. The molecule has 0 spiro atoms. The molecule has 3 atom stereocenters. The van der Waals surface area contributed by atoms with Crippen LogP contribution in [0.1, 0.15) is 187 Å². The Morgan fingerprint density at radius 1 is 0.423 bits per heavy atom. The number of halogens is 6. The van der Waals surface area contributed by atoms with Crippen LogP contribution in [-0.2, 0) is 86.9 Å². The van der Waals surface area contributed by atoms with E-state index in [2.05, 4.69) is 91.2 Å². The molecule has 3 aliphatic rings. The van der Waals surface area contributed by atoms with E-state index < -0.39 is 101 Å². The van der Waals surface area contributed by atoms with Crippen molar-refractivity contribution in [2.75, 3.05) is 56.5 Å². The first-order chi connectivity index (χ1) is 68.3. The van der Waals surface area contributed by atoms with Gasteiger partial charge in [-0.1, -0.05) is 13.8 Å². The number of carbonyl (C=O) groups excluding carboxylic acids is 9. The Morgan fingerprint density at radius 3 is 1.04 bits per heavy atom.